The molecule has 15 heavy (non-hydrogen) atoms. The van der Waals surface area contributed by atoms with E-state index in [9.17, 15) is 5.11 Å². The highest BCUT2D eigenvalue weighted by atomic mass is 16.3. The largest absolute Gasteiger partial charge is 0.466 e. The van der Waals surface area contributed by atoms with Gasteiger partial charge in [-0.2, -0.15) is 0 Å². The van der Waals surface area contributed by atoms with Crippen LogP contribution in [-0.2, 0) is 0 Å². The van der Waals surface area contributed by atoms with Gasteiger partial charge in [0, 0.05) is 6.54 Å². The highest BCUT2D eigenvalue weighted by molar-refractivity contribution is 5.11. The summed E-state index contributed by atoms with van der Waals surface area (Å²) in [4.78, 5) is 2.40. The van der Waals surface area contributed by atoms with Crippen molar-refractivity contribution in [3.05, 3.63) is 23.7 Å². The number of aliphatic hydroxyl groups is 1. The molecule has 1 atom stereocenters. The van der Waals surface area contributed by atoms with Crippen LogP contribution in [-0.4, -0.2) is 36.2 Å². The van der Waals surface area contributed by atoms with Crippen molar-refractivity contribution in [3.63, 3.8) is 0 Å². The van der Waals surface area contributed by atoms with Crippen LogP contribution in [0.15, 0.2) is 16.5 Å². The van der Waals surface area contributed by atoms with E-state index in [-0.39, 0.29) is 12.5 Å². The van der Waals surface area contributed by atoms with Gasteiger partial charge in [0.15, 0.2) is 0 Å². The number of aryl methyl sites for hydroxylation is 1. The van der Waals surface area contributed by atoms with Crippen molar-refractivity contribution in [2.75, 3.05) is 26.2 Å². The second-order valence-corrected chi connectivity index (χ2v) is 4.34. The first-order valence-corrected chi connectivity index (χ1v) is 5.69. The predicted molar refractivity (Wildman–Crippen MR) is 58.9 cm³/mol. The Bertz CT molecular complexity index is 302. The van der Waals surface area contributed by atoms with Gasteiger partial charge in [0.25, 0.3) is 0 Å². The summed E-state index contributed by atoms with van der Waals surface area (Å²) in [7, 11) is 0. The van der Waals surface area contributed by atoms with Crippen molar-refractivity contribution < 1.29 is 9.52 Å². The molecule has 0 amide bonds. The zero-order valence-electron chi connectivity index (χ0n) is 9.28. The lowest BCUT2D eigenvalue weighted by Gasteiger charge is -2.20. The Morgan fingerprint density at radius 2 is 2.13 bits per heavy atom. The molecule has 1 N–H and O–H groups in total. The maximum Gasteiger partial charge on any atom is 0.110 e. The lowest BCUT2D eigenvalue weighted by atomic mass is 10.1. The maximum absolute atomic E-state index is 9.36. The first-order chi connectivity index (χ1) is 7.29. The zero-order valence-corrected chi connectivity index (χ0v) is 9.28. The van der Waals surface area contributed by atoms with Gasteiger partial charge in [-0.1, -0.05) is 0 Å². The van der Waals surface area contributed by atoms with Gasteiger partial charge in [0.1, 0.15) is 11.5 Å². The van der Waals surface area contributed by atoms with E-state index in [4.69, 9.17) is 4.42 Å². The monoisotopic (exact) mass is 209 g/mol. The summed E-state index contributed by atoms with van der Waals surface area (Å²) in [6, 6.07) is 3.94. The van der Waals surface area contributed by atoms with Crippen molar-refractivity contribution in [1.29, 1.82) is 0 Å². The Labute approximate surface area is 90.7 Å². The highest BCUT2D eigenvalue weighted by Crippen LogP contribution is 2.21. The fourth-order valence-electron chi connectivity index (χ4n) is 2.19. The van der Waals surface area contributed by atoms with Gasteiger partial charge in [-0.3, -0.25) is 0 Å². The summed E-state index contributed by atoms with van der Waals surface area (Å²) in [6.45, 7) is 5.35. The zero-order chi connectivity index (χ0) is 10.7. The Kier molecular flexibility index (Phi) is 3.44. The van der Waals surface area contributed by atoms with Gasteiger partial charge in [0.2, 0.25) is 0 Å². The second kappa shape index (κ2) is 4.81. The standard InChI is InChI=1S/C12H19NO2/c1-10-4-5-12(15-10)11(9-14)8-13-6-2-3-7-13/h4-5,11,14H,2-3,6-9H2,1H3. The van der Waals surface area contributed by atoms with E-state index in [0.29, 0.717) is 0 Å². The van der Waals surface area contributed by atoms with Crippen molar-refractivity contribution in [2.45, 2.75) is 25.7 Å². The molecule has 0 spiro atoms. The number of hydrogen-bond acceptors (Lipinski definition) is 3. The highest BCUT2D eigenvalue weighted by Gasteiger charge is 2.20. The van der Waals surface area contributed by atoms with Gasteiger partial charge >= 0.3 is 0 Å². The second-order valence-electron chi connectivity index (χ2n) is 4.34. The Morgan fingerprint density at radius 1 is 1.40 bits per heavy atom. The van der Waals surface area contributed by atoms with Crippen LogP contribution >= 0.6 is 0 Å². The third kappa shape index (κ3) is 2.61. The van der Waals surface area contributed by atoms with Crippen molar-refractivity contribution in [2.24, 2.45) is 0 Å². The van der Waals surface area contributed by atoms with Crippen molar-refractivity contribution >= 4 is 0 Å². The van der Waals surface area contributed by atoms with Crippen LogP contribution in [0.4, 0.5) is 0 Å². The van der Waals surface area contributed by atoms with E-state index >= 15 is 0 Å². The molecule has 1 fully saturated rings. The van der Waals surface area contributed by atoms with Gasteiger partial charge in [-0.25, -0.2) is 0 Å². The first-order valence-electron chi connectivity index (χ1n) is 5.69. The molecule has 0 aromatic carbocycles. The smallest absolute Gasteiger partial charge is 0.110 e. The van der Waals surface area contributed by atoms with Crippen LogP contribution < -0.4 is 0 Å². The molecule has 3 nitrogen and oxygen atoms in total. The summed E-state index contributed by atoms with van der Waals surface area (Å²) < 4.78 is 5.56. The molecular weight excluding hydrogens is 190 g/mol. The molecule has 1 saturated heterocycles. The topological polar surface area (TPSA) is 36.6 Å². The van der Waals surface area contributed by atoms with Crippen LogP contribution in [0.5, 0.6) is 0 Å². The molecule has 84 valence electrons. The van der Waals surface area contributed by atoms with Crippen LogP contribution in [0.3, 0.4) is 0 Å². The number of aliphatic hydroxyl groups excluding tert-OH is 1. The molecule has 0 saturated carbocycles. The van der Waals surface area contributed by atoms with Gasteiger partial charge in [0.05, 0.1) is 12.5 Å². The molecule has 0 radical (unpaired) electrons. The molecule has 1 aromatic rings. The van der Waals surface area contributed by atoms with Crippen LogP contribution in [0, 0.1) is 6.92 Å². The van der Waals surface area contributed by atoms with E-state index in [1.807, 2.05) is 19.1 Å². The average Bonchev–Trinajstić information content (AvgIpc) is 2.85. The lowest BCUT2D eigenvalue weighted by Crippen LogP contribution is -2.27. The number of hydrogen-bond donors (Lipinski definition) is 1. The fourth-order valence-corrected chi connectivity index (χ4v) is 2.19. The molecule has 0 bridgehead atoms. The maximum atomic E-state index is 9.36. The molecule has 1 unspecified atom stereocenters. The molecule has 1 aliphatic heterocycles. The number of furan rings is 1. The fraction of sp³-hybridized carbons (Fsp3) is 0.667. The summed E-state index contributed by atoms with van der Waals surface area (Å²) in [5, 5.41) is 9.36. The third-order valence-electron chi connectivity index (χ3n) is 3.06. The van der Waals surface area contributed by atoms with E-state index in [1.165, 1.54) is 12.8 Å². The molecule has 2 heterocycles. The molecular formula is C12H19NO2. The third-order valence-corrected chi connectivity index (χ3v) is 3.06. The Balaban J connectivity index is 1.97. The minimum absolute atomic E-state index is 0.136. The van der Waals surface area contributed by atoms with Gasteiger partial charge in [-0.15, -0.1) is 0 Å². The average molecular weight is 209 g/mol. The summed E-state index contributed by atoms with van der Waals surface area (Å²) in [5.74, 6) is 1.98. The van der Waals surface area contributed by atoms with E-state index in [2.05, 4.69) is 4.90 Å². The SMILES string of the molecule is Cc1ccc(C(CO)CN2CCCC2)o1. The molecule has 0 aliphatic carbocycles. The summed E-state index contributed by atoms with van der Waals surface area (Å²) >= 11 is 0. The van der Waals surface area contributed by atoms with Crippen molar-refractivity contribution in [1.82, 2.24) is 4.90 Å². The Morgan fingerprint density at radius 3 is 2.67 bits per heavy atom. The lowest BCUT2D eigenvalue weighted by molar-refractivity contribution is 0.204. The van der Waals surface area contributed by atoms with Gasteiger partial charge in [-0.05, 0) is 45.0 Å². The van der Waals surface area contributed by atoms with E-state index in [0.717, 1.165) is 31.2 Å². The summed E-state index contributed by atoms with van der Waals surface area (Å²) in [5.41, 5.74) is 0. The van der Waals surface area contributed by atoms with Gasteiger partial charge < -0.3 is 14.4 Å². The Hall–Kier alpha value is -0.800. The molecule has 1 aliphatic rings. The van der Waals surface area contributed by atoms with Crippen LogP contribution in [0.25, 0.3) is 0 Å². The normalized spacial score (nSPS) is 19.6. The number of rotatable bonds is 4. The minimum atomic E-state index is 0.136. The van der Waals surface area contributed by atoms with E-state index in [1.54, 1.807) is 0 Å². The molecule has 3 heteroatoms. The molecule has 2 rings (SSSR count). The quantitative estimate of drug-likeness (QED) is 0.821. The first kappa shape index (κ1) is 10.7. The predicted octanol–water partition coefficient (Wildman–Crippen LogP) is 1.76. The summed E-state index contributed by atoms with van der Waals surface area (Å²) in [6.07, 6.45) is 2.57. The number of likely N-dealkylation sites (tertiary alicyclic amines) is 1. The van der Waals surface area contributed by atoms with Crippen molar-refractivity contribution in [3.8, 4) is 0 Å². The molecule has 1 aromatic heterocycles. The minimum Gasteiger partial charge on any atom is -0.466 e. The van der Waals surface area contributed by atoms with Crippen LogP contribution in [0.2, 0.25) is 0 Å². The van der Waals surface area contributed by atoms with E-state index < -0.39 is 0 Å². The number of nitrogens with zero attached hydrogens (tertiary/aromatic N) is 1. The van der Waals surface area contributed by atoms with Crippen LogP contribution in [0.1, 0.15) is 30.3 Å².